The van der Waals surface area contributed by atoms with Crippen molar-refractivity contribution in [1.29, 1.82) is 0 Å². The zero-order valence-electron chi connectivity index (χ0n) is 14.2. The molecular weight excluding hydrogens is 370 g/mol. The third-order valence-electron chi connectivity index (χ3n) is 4.06. The summed E-state index contributed by atoms with van der Waals surface area (Å²) < 4.78 is 0.621. The van der Waals surface area contributed by atoms with Crippen LogP contribution in [0.4, 0.5) is 0 Å². The first-order chi connectivity index (χ1) is 12.1. The highest BCUT2D eigenvalue weighted by atomic mass is 32.2. The average Bonchev–Trinajstić information content (AvgIpc) is 2.96. The number of hydrogen-bond acceptors (Lipinski definition) is 5. The van der Waals surface area contributed by atoms with E-state index in [1.54, 1.807) is 22.7 Å². The van der Waals surface area contributed by atoms with Crippen molar-refractivity contribution in [3.63, 3.8) is 0 Å². The number of aliphatic hydroxyl groups excluding tert-OH is 1. The van der Waals surface area contributed by atoms with Gasteiger partial charge >= 0.3 is 0 Å². The van der Waals surface area contributed by atoms with E-state index in [1.807, 2.05) is 24.3 Å². The Hall–Kier alpha value is -0.820. The molecule has 0 saturated carbocycles. The van der Waals surface area contributed by atoms with Gasteiger partial charge in [-0.15, -0.1) is 0 Å². The van der Waals surface area contributed by atoms with Gasteiger partial charge in [0.2, 0.25) is 5.91 Å². The number of aliphatic hydroxyl groups is 1. The van der Waals surface area contributed by atoms with Crippen LogP contribution < -0.4 is 0 Å². The van der Waals surface area contributed by atoms with E-state index in [0.717, 1.165) is 37.2 Å². The molecule has 2 rings (SSSR count). The topological polar surface area (TPSA) is 40.5 Å². The van der Waals surface area contributed by atoms with E-state index in [2.05, 4.69) is 24.8 Å². The Morgan fingerprint density at radius 3 is 2.88 bits per heavy atom. The highest BCUT2D eigenvalue weighted by molar-refractivity contribution is 8.23. The minimum atomic E-state index is -0.755. The molecule has 0 unspecified atom stereocenters. The van der Waals surface area contributed by atoms with E-state index in [0.29, 0.717) is 4.32 Å². The fourth-order valence-corrected chi connectivity index (χ4v) is 4.45. The van der Waals surface area contributed by atoms with Crippen LogP contribution in [-0.2, 0) is 11.2 Å². The van der Waals surface area contributed by atoms with Crippen LogP contribution in [0, 0.1) is 0 Å². The molecule has 1 aromatic rings. The number of rotatable bonds is 9. The van der Waals surface area contributed by atoms with Gasteiger partial charge in [-0.05, 0) is 37.0 Å². The number of thiol groups is 1. The molecular formula is C19H25NO2S3. The van der Waals surface area contributed by atoms with E-state index < -0.39 is 6.10 Å². The average molecular weight is 396 g/mol. The van der Waals surface area contributed by atoms with Gasteiger partial charge in [0.05, 0.1) is 18.6 Å². The van der Waals surface area contributed by atoms with Crippen molar-refractivity contribution in [2.24, 2.45) is 0 Å². The number of carbonyl (C=O) groups is 1. The van der Waals surface area contributed by atoms with Crippen LogP contribution in [0.1, 0.15) is 31.2 Å². The van der Waals surface area contributed by atoms with Crippen LogP contribution in [-0.4, -0.2) is 43.9 Å². The molecule has 3 nitrogen and oxygen atoms in total. The van der Waals surface area contributed by atoms with Crippen molar-refractivity contribution in [3.05, 3.63) is 48.0 Å². The second-order valence-corrected chi connectivity index (χ2v) is 8.20. The van der Waals surface area contributed by atoms with Gasteiger partial charge in [-0.25, -0.2) is 0 Å². The number of benzene rings is 1. The van der Waals surface area contributed by atoms with Crippen LogP contribution in [0.15, 0.2) is 42.5 Å². The highest BCUT2D eigenvalue weighted by Gasteiger charge is 2.34. The number of thioether (sulfide) groups is 1. The van der Waals surface area contributed by atoms with E-state index >= 15 is 0 Å². The summed E-state index contributed by atoms with van der Waals surface area (Å²) in [5.41, 5.74) is 1.19. The lowest BCUT2D eigenvalue weighted by Gasteiger charge is -2.24. The number of hydrogen-bond donors (Lipinski definition) is 2. The second-order valence-electron chi connectivity index (χ2n) is 6.10. The Balaban J connectivity index is 1.88. The Morgan fingerprint density at radius 2 is 2.16 bits per heavy atom. The van der Waals surface area contributed by atoms with Gasteiger partial charge in [0, 0.05) is 5.75 Å². The normalized spacial score (nSPS) is 18.9. The van der Waals surface area contributed by atoms with Crippen molar-refractivity contribution >= 4 is 46.8 Å². The molecule has 2 atom stereocenters. The van der Waals surface area contributed by atoms with Gasteiger partial charge in [-0.3, -0.25) is 9.69 Å². The van der Waals surface area contributed by atoms with Crippen LogP contribution in [0.2, 0.25) is 0 Å². The van der Waals surface area contributed by atoms with Crippen molar-refractivity contribution in [2.45, 2.75) is 44.2 Å². The molecule has 6 heteroatoms. The number of unbranched alkanes of at least 4 members (excludes halogenated alkanes) is 2. The molecule has 0 spiro atoms. The van der Waals surface area contributed by atoms with Crippen molar-refractivity contribution < 1.29 is 9.90 Å². The lowest BCUT2D eigenvalue weighted by Crippen LogP contribution is -2.41. The summed E-state index contributed by atoms with van der Waals surface area (Å²) in [5, 5.41) is 10.1. The highest BCUT2D eigenvalue weighted by Crippen LogP contribution is 2.27. The molecule has 1 aromatic carbocycles. The summed E-state index contributed by atoms with van der Waals surface area (Å²) >= 11 is 11.1. The predicted octanol–water partition coefficient (Wildman–Crippen LogP) is 3.87. The van der Waals surface area contributed by atoms with Gasteiger partial charge in [0.25, 0.3) is 0 Å². The summed E-state index contributed by atoms with van der Waals surface area (Å²) in [5.74, 6) is 1.60. The molecule has 0 radical (unpaired) electrons. The first kappa shape index (κ1) is 20.5. The van der Waals surface area contributed by atoms with Crippen molar-refractivity contribution in [2.75, 3.05) is 11.5 Å². The van der Waals surface area contributed by atoms with Gasteiger partial charge < -0.3 is 5.11 Å². The maximum absolute atomic E-state index is 12.6. The Bertz CT molecular complexity index is 592. The summed E-state index contributed by atoms with van der Waals surface area (Å²) in [4.78, 5) is 14.3. The monoisotopic (exact) mass is 395 g/mol. The molecule has 1 N–H and O–H groups in total. The predicted molar refractivity (Wildman–Crippen MR) is 113 cm³/mol. The first-order valence-electron chi connectivity index (χ1n) is 8.60. The Kier molecular flexibility index (Phi) is 9.03. The molecule has 1 aliphatic rings. The fourth-order valence-electron chi connectivity index (χ4n) is 2.78. The zero-order chi connectivity index (χ0) is 18.1. The van der Waals surface area contributed by atoms with Crippen molar-refractivity contribution in [1.82, 2.24) is 4.90 Å². The van der Waals surface area contributed by atoms with E-state index in [4.69, 9.17) is 12.2 Å². The number of allylic oxidation sites excluding steroid dienone is 1. The van der Waals surface area contributed by atoms with Crippen LogP contribution in [0.25, 0.3) is 0 Å². The quantitative estimate of drug-likeness (QED) is 0.288. The number of nitrogens with zero attached hydrogens (tertiary/aromatic N) is 1. The number of carbonyl (C=O) groups excluding carboxylic acids is 1. The van der Waals surface area contributed by atoms with Gasteiger partial charge in [-0.1, -0.05) is 66.5 Å². The first-order valence-corrected chi connectivity index (χ1v) is 10.6. The third kappa shape index (κ3) is 6.77. The minimum Gasteiger partial charge on any atom is -0.389 e. The molecule has 1 amide bonds. The fraction of sp³-hybridized carbons (Fsp3) is 0.474. The van der Waals surface area contributed by atoms with E-state index in [9.17, 15) is 9.90 Å². The summed E-state index contributed by atoms with van der Waals surface area (Å²) in [6.45, 7) is 0. The molecule has 0 aliphatic carbocycles. The molecule has 0 aromatic heterocycles. The third-order valence-corrected chi connectivity index (χ3v) is 5.93. The summed E-state index contributed by atoms with van der Waals surface area (Å²) in [6, 6.07) is 10.2. The van der Waals surface area contributed by atoms with E-state index in [1.165, 1.54) is 5.56 Å². The van der Waals surface area contributed by atoms with E-state index in [-0.39, 0.29) is 18.4 Å². The maximum atomic E-state index is 12.6. The van der Waals surface area contributed by atoms with Crippen LogP contribution >= 0.6 is 36.6 Å². The Morgan fingerprint density at radius 1 is 1.40 bits per heavy atom. The molecule has 0 bridgehead atoms. The minimum absolute atomic E-state index is 0.0685. The van der Waals surface area contributed by atoms with Gasteiger partial charge in [-0.2, -0.15) is 12.6 Å². The molecule has 1 saturated heterocycles. The molecule has 25 heavy (non-hydrogen) atoms. The summed E-state index contributed by atoms with van der Waals surface area (Å²) in [7, 11) is 0. The van der Waals surface area contributed by atoms with Gasteiger partial charge in [0.1, 0.15) is 4.32 Å². The largest absolute Gasteiger partial charge is 0.389 e. The smallest absolute Gasteiger partial charge is 0.231 e. The molecule has 136 valence electrons. The number of thiocarbonyl (C=S) groups is 1. The standard InChI is InChI=1S/C19H25NO2S3/c21-17(10-6-1-2-7-11-23)13-18(22)20-16(14-25-19(20)24)12-15-8-4-3-5-9-15/h3-6,8-10,16-17,21,23H,1-2,7,11-14H2/b10-6+/t16-,17-/m1/s1. The lowest BCUT2D eigenvalue weighted by molar-refractivity contribution is -0.129. The van der Waals surface area contributed by atoms with Crippen molar-refractivity contribution in [3.8, 4) is 0 Å². The number of amides is 1. The second kappa shape index (κ2) is 11.0. The maximum Gasteiger partial charge on any atom is 0.231 e. The zero-order valence-corrected chi connectivity index (χ0v) is 16.7. The Labute approximate surface area is 165 Å². The summed E-state index contributed by atoms with van der Waals surface area (Å²) in [6.07, 6.45) is 6.78. The van der Waals surface area contributed by atoms with Crippen LogP contribution in [0.5, 0.6) is 0 Å². The molecule has 1 aliphatic heterocycles. The van der Waals surface area contributed by atoms with Crippen LogP contribution in [0.3, 0.4) is 0 Å². The van der Waals surface area contributed by atoms with Gasteiger partial charge in [0.15, 0.2) is 0 Å². The molecule has 1 fully saturated rings. The molecule has 1 heterocycles. The SMILES string of the molecule is O=C(C[C@H](O)/C=C/CCCCS)N1C(=S)SC[C@H]1Cc1ccccc1. The lowest BCUT2D eigenvalue weighted by atomic mass is 10.1.